The van der Waals surface area contributed by atoms with E-state index in [1.54, 1.807) is 11.9 Å². The topological polar surface area (TPSA) is 137 Å². The second-order valence-electron chi connectivity index (χ2n) is 6.73. The van der Waals surface area contributed by atoms with Crippen LogP contribution in [0.15, 0.2) is 0 Å². The summed E-state index contributed by atoms with van der Waals surface area (Å²) in [6, 6.07) is -0.879. The zero-order valence-corrected chi connectivity index (χ0v) is 15.1. The van der Waals surface area contributed by atoms with Crippen molar-refractivity contribution in [1.29, 1.82) is 0 Å². The molecule has 148 valence electrons. The molecule has 2 rings (SSSR count). The van der Waals surface area contributed by atoms with Crippen molar-refractivity contribution in [2.75, 3.05) is 39.8 Å². The molecule has 10 heteroatoms. The molecule has 0 radical (unpaired) electrons. The van der Waals surface area contributed by atoms with Crippen molar-refractivity contribution in [2.24, 2.45) is 5.73 Å². The summed E-state index contributed by atoms with van der Waals surface area (Å²) >= 11 is 0. The second kappa shape index (κ2) is 9.58. The van der Waals surface area contributed by atoms with Gasteiger partial charge in [-0.25, -0.2) is 9.59 Å². The lowest BCUT2D eigenvalue weighted by Crippen LogP contribution is -2.53. The largest absolute Gasteiger partial charge is 0.465 e. The number of nitrogens with two attached hydrogens (primary N) is 1. The average molecular weight is 371 g/mol. The normalized spacial score (nSPS) is 20.5. The molecule has 0 spiro atoms. The maximum Gasteiger partial charge on any atom is 0.407 e. The summed E-state index contributed by atoms with van der Waals surface area (Å²) in [5.74, 6) is -0.147. The predicted octanol–water partition coefficient (Wildman–Crippen LogP) is -0.607. The Bertz CT molecular complexity index is 501. The smallest absolute Gasteiger partial charge is 0.407 e. The lowest BCUT2D eigenvalue weighted by atomic mass is 10.0. The molecule has 1 unspecified atom stereocenters. The Hall–Kier alpha value is -2.07. The molecule has 1 atom stereocenters. The van der Waals surface area contributed by atoms with Gasteiger partial charge in [0.15, 0.2) is 0 Å². The maximum atomic E-state index is 12.4. The fourth-order valence-electron chi connectivity index (χ4n) is 3.26. The third kappa shape index (κ3) is 5.73. The molecule has 2 aliphatic heterocycles. The van der Waals surface area contributed by atoms with Gasteiger partial charge >= 0.3 is 12.1 Å². The second-order valence-corrected chi connectivity index (χ2v) is 6.73. The van der Waals surface area contributed by atoms with E-state index in [2.05, 4.69) is 10.6 Å². The van der Waals surface area contributed by atoms with Crippen LogP contribution in [-0.2, 0) is 9.53 Å². The first-order valence-electron chi connectivity index (χ1n) is 9.02. The van der Waals surface area contributed by atoms with Gasteiger partial charge in [-0.1, -0.05) is 0 Å². The van der Waals surface area contributed by atoms with Gasteiger partial charge in [-0.3, -0.25) is 4.79 Å². The summed E-state index contributed by atoms with van der Waals surface area (Å²) in [6.45, 7) is 2.12. The van der Waals surface area contributed by atoms with E-state index in [9.17, 15) is 14.4 Å². The number of amides is 4. The number of ether oxygens (including phenoxy) is 1. The molecule has 0 aromatic carbocycles. The molecule has 0 aromatic heterocycles. The minimum atomic E-state index is -0.912. The quantitative estimate of drug-likeness (QED) is 0.509. The predicted molar refractivity (Wildman–Crippen MR) is 93.7 cm³/mol. The van der Waals surface area contributed by atoms with Crippen LogP contribution in [0.5, 0.6) is 0 Å². The minimum absolute atomic E-state index is 0.0610. The van der Waals surface area contributed by atoms with Crippen molar-refractivity contribution < 1.29 is 24.2 Å². The van der Waals surface area contributed by atoms with Crippen LogP contribution in [0.25, 0.3) is 0 Å². The molecule has 0 bridgehead atoms. The zero-order chi connectivity index (χ0) is 19.1. The summed E-state index contributed by atoms with van der Waals surface area (Å²) in [4.78, 5) is 37.7. The summed E-state index contributed by atoms with van der Waals surface area (Å²) < 4.78 is 5.72. The van der Waals surface area contributed by atoms with Gasteiger partial charge in [0.1, 0.15) is 6.04 Å². The van der Waals surface area contributed by atoms with Gasteiger partial charge < -0.3 is 36.0 Å². The van der Waals surface area contributed by atoms with Crippen LogP contribution in [0.4, 0.5) is 9.59 Å². The molecule has 4 amide bonds. The third-order valence-electron chi connectivity index (χ3n) is 4.91. The number of carboxylic acid groups (broad SMARTS) is 1. The fourth-order valence-corrected chi connectivity index (χ4v) is 3.26. The van der Waals surface area contributed by atoms with Gasteiger partial charge in [0, 0.05) is 39.3 Å². The molecular formula is C16H29N5O5. The number of urea groups is 1. The molecular weight excluding hydrogens is 342 g/mol. The number of hydrogen-bond donors (Lipinski definition) is 4. The van der Waals surface area contributed by atoms with Crippen LogP contribution in [0.2, 0.25) is 0 Å². The highest BCUT2D eigenvalue weighted by atomic mass is 16.5. The summed E-state index contributed by atoms with van der Waals surface area (Å²) in [5.41, 5.74) is 5.98. The SMILES string of the molecule is CNC(=O)NC1CCN(C(=O)C(N)COC2CCN(C(=O)O)CC2)CC1. The molecule has 2 heterocycles. The number of likely N-dealkylation sites (tertiary alicyclic amines) is 2. The molecule has 0 saturated carbocycles. The van der Waals surface area contributed by atoms with Crippen molar-refractivity contribution in [2.45, 2.75) is 43.9 Å². The Balaban J connectivity index is 1.67. The van der Waals surface area contributed by atoms with Crippen molar-refractivity contribution in [3.63, 3.8) is 0 Å². The Morgan fingerprint density at radius 1 is 1.12 bits per heavy atom. The van der Waals surface area contributed by atoms with E-state index in [-0.39, 0.29) is 30.7 Å². The summed E-state index contributed by atoms with van der Waals surface area (Å²) in [6.07, 6.45) is 1.64. The van der Waals surface area contributed by atoms with E-state index in [1.165, 1.54) is 4.90 Å². The third-order valence-corrected chi connectivity index (χ3v) is 4.91. The van der Waals surface area contributed by atoms with Gasteiger partial charge in [0.05, 0.1) is 12.7 Å². The molecule has 2 saturated heterocycles. The van der Waals surface area contributed by atoms with E-state index in [0.29, 0.717) is 51.9 Å². The van der Waals surface area contributed by atoms with Gasteiger partial charge in [0.25, 0.3) is 0 Å². The Kier molecular flexibility index (Phi) is 7.46. The van der Waals surface area contributed by atoms with E-state index in [4.69, 9.17) is 15.6 Å². The number of nitrogens with one attached hydrogen (secondary N) is 2. The Morgan fingerprint density at radius 3 is 2.23 bits per heavy atom. The first-order chi connectivity index (χ1) is 12.4. The lowest BCUT2D eigenvalue weighted by molar-refractivity contribution is -0.135. The number of piperidine rings is 2. The van der Waals surface area contributed by atoms with E-state index in [0.717, 1.165) is 0 Å². The Morgan fingerprint density at radius 2 is 1.69 bits per heavy atom. The van der Waals surface area contributed by atoms with Crippen molar-refractivity contribution in [3.05, 3.63) is 0 Å². The molecule has 2 fully saturated rings. The van der Waals surface area contributed by atoms with Crippen molar-refractivity contribution >= 4 is 18.0 Å². The monoisotopic (exact) mass is 371 g/mol. The number of nitrogens with zero attached hydrogens (tertiary/aromatic N) is 2. The van der Waals surface area contributed by atoms with Gasteiger partial charge in [-0.2, -0.15) is 0 Å². The standard InChI is InChI=1S/C16H29N5O5/c1-18-15(23)19-11-2-6-20(7-3-11)14(22)13(17)10-26-12-4-8-21(9-5-12)16(24)25/h11-13H,2-10,17H2,1H3,(H,24,25)(H2,18,19,23). The van der Waals surface area contributed by atoms with E-state index in [1.807, 2.05) is 0 Å². The first kappa shape index (κ1) is 20.2. The van der Waals surface area contributed by atoms with Crippen molar-refractivity contribution in [3.8, 4) is 0 Å². The molecule has 10 nitrogen and oxygen atoms in total. The molecule has 0 aromatic rings. The molecule has 5 N–H and O–H groups in total. The van der Waals surface area contributed by atoms with Crippen molar-refractivity contribution in [1.82, 2.24) is 20.4 Å². The first-order valence-corrected chi connectivity index (χ1v) is 9.02. The lowest BCUT2D eigenvalue weighted by Gasteiger charge is -2.34. The van der Waals surface area contributed by atoms with Crippen LogP contribution in [-0.4, -0.2) is 91.0 Å². The maximum absolute atomic E-state index is 12.4. The van der Waals surface area contributed by atoms with E-state index >= 15 is 0 Å². The van der Waals surface area contributed by atoms with Gasteiger partial charge in [-0.15, -0.1) is 0 Å². The molecule has 0 aliphatic carbocycles. The fraction of sp³-hybridized carbons (Fsp3) is 0.812. The van der Waals surface area contributed by atoms with Crippen LogP contribution in [0.3, 0.4) is 0 Å². The van der Waals surface area contributed by atoms with Crippen LogP contribution in [0, 0.1) is 0 Å². The minimum Gasteiger partial charge on any atom is -0.465 e. The highest BCUT2D eigenvalue weighted by molar-refractivity contribution is 5.82. The summed E-state index contributed by atoms with van der Waals surface area (Å²) in [5, 5.41) is 14.3. The van der Waals surface area contributed by atoms with Crippen LogP contribution < -0.4 is 16.4 Å². The van der Waals surface area contributed by atoms with E-state index < -0.39 is 12.1 Å². The van der Waals surface area contributed by atoms with Gasteiger partial charge in [0.2, 0.25) is 5.91 Å². The summed E-state index contributed by atoms with van der Waals surface area (Å²) in [7, 11) is 1.57. The Labute approximate surface area is 153 Å². The zero-order valence-electron chi connectivity index (χ0n) is 15.1. The van der Waals surface area contributed by atoms with Gasteiger partial charge in [-0.05, 0) is 25.7 Å². The molecule has 26 heavy (non-hydrogen) atoms. The number of hydrogen-bond acceptors (Lipinski definition) is 5. The van der Waals surface area contributed by atoms with Crippen LogP contribution >= 0.6 is 0 Å². The molecule has 2 aliphatic rings. The highest BCUT2D eigenvalue weighted by Crippen LogP contribution is 2.15. The average Bonchev–Trinajstić information content (AvgIpc) is 2.66. The number of carbonyl (C=O) groups is 3. The number of rotatable bonds is 5. The highest BCUT2D eigenvalue weighted by Gasteiger charge is 2.28. The van der Waals surface area contributed by atoms with Crippen LogP contribution in [0.1, 0.15) is 25.7 Å². The number of carbonyl (C=O) groups excluding carboxylic acids is 2.